The summed E-state index contributed by atoms with van der Waals surface area (Å²) in [6.45, 7) is 4.33. The van der Waals surface area contributed by atoms with Gasteiger partial charge in [-0.3, -0.25) is 9.69 Å². The van der Waals surface area contributed by atoms with Crippen molar-refractivity contribution in [3.8, 4) is 5.75 Å². The number of rotatable bonds is 9. The minimum Gasteiger partial charge on any atom is -0.496 e. The van der Waals surface area contributed by atoms with E-state index in [1.54, 1.807) is 7.11 Å². The van der Waals surface area contributed by atoms with E-state index in [9.17, 15) is 4.79 Å². The first kappa shape index (κ1) is 21.7. The summed E-state index contributed by atoms with van der Waals surface area (Å²) in [6, 6.07) is 7.95. The lowest BCUT2D eigenvalue weighted by atomic mass is 9.93. The van der Waals surface area contributed by atoms with Crippen molar-refractivity contribution < 1.29 is 9.53 Å². The minimum absolute atomic E-state index is 0. The molecular weight excluding hydrogens is 338 g/mol. The number of hydrogen-bond donors (Lipinski definition) is 2. The van der Waals surface area contributed by atoms with Crippen molar-refractivity contribution in [2.75, 3.05) is 46.9 Å². The van der Waals surface area contributed by atoms with E-state index in [0.717, 1.165) is 43.3 Å². The second-order valence-electron chi connectivity index (χ2n) is 6.52. The molecule has 1 aliphatic heterocycles. The second kappa shape index (κ2) is 12.1. The first-order valence-corrected chi connectivity index (χ1v) is 8.98. The van der Waals surface area contributed by atoms with E-state index in [0.29, 0.717) is 13.1 Å². The molecule has 2 N–H and O–H groups in total. The summed E-state index contributed by atoms with van der Waals surface area (Å²) in [7, 11) is 3.68. The van der Waals surface area contributed by atoms with Crippen LogP contribution in [0.5, 0.6) is 5.75 Å². The molecule has 1 aromatic rings. The Balaban J connectivity index is 0.00000312. The van der Waals surface area contributed by atoms with Crippen LogP contribution in [0.2, 0.25) is 0 Å². The zero-order valence-electron chi connectivity index (χ0n) is 15.4. The first-order valence-electron chi connectivity index (χ1n) is 8.98. The molecule has 1 aliphatic rings. The Labute approximate surface area is 157 Å². The molecule has 1 fully saturated rings. The molecular formula is C19H32ClN3O2. The molecule has 0 radical (unpaired) electrons. The summed E-state index contributed by atoms with van der Waals surface area (Å²) in [5, 5.41) is 6.25. The number of carbonyl (C=O) groups excluding carboxylic acids is 1. The van der Waals surface area contributed by atoms with Crippen LogP contribution in [0.25, 0.3) is 0 Å². The highest BCUT2D eigenvalue weighted by molar-refractivity contribution is 5.85. The zero-order chi connectivity index (χ0) is 17.2. The number of para-hydroxylation sites is 1. The van der Waals surface area contributed by atoms with E-state index in [-0.39, 0.29) is 18.3 Å². The second-order valence-corrected chi connectivity index (χ2v) is 6.52. The molecule has 1 heterocycles. The molecule has 6 heteroatoms. The third kappa shape index (κ3) is 7.63. The number of methoxy groups -OCH3 is 1. The molecule has 0 atom stereocenters. The first-order chi connectivity index (χ1) is 11.7. The lowest BCUT2D eigenvalue weighted by molar-refractivity contribution is -0.122. The summed E-state index contributed by atoms with van der Waals surface area (Å²) in [6.07, 6.45) is 4.45. The van der Waals surface area contributed by atoms with Crippen molar-refractivity contribution >= 4 is 18.3 Å². The van der Waals surface area contributed by atoms with Gasteiger partial charge in [0, 0.05) is 6.54 Å². The Kier molecular flexibility index (Phi) is 10.5. The fourth-order valence-electron chi connectivity index (χ4n) is 3.29. The molecule has 1 amide bonds. The minimum atomic E-state index is 0. The standard InChI is InChI=1S/C19H31N3O2.ClH/c1-20-11-7-16-9-13-22(14-10-16)15-19(23)21-12-8-17-5-3-4-6-18(17)24-2;/h3-6,16,20H,7-15H2,1-2H3,(H,21,23);1H. The highest BCUT2D eigenvalue weighted by atomic mass is 35.5. The van der Waals surface area contributed by atoms with Crippen LogP contribution in [0.15, 0.2) is 24.3 Å². The van der Waals surface area contributed by atoms with Gasteiger partial charge in [-0.1, -0.05) is 18.2 Å². The molecule has 0 saturated carbocycles. The van der Waals surface area contributed by atoms with Crippen LogP contribution in [-0.4, -0.2) is 57.7 Å². The maximum atomic E-state index is 12.1. The van der Waals surface area contributed by atoms with E-state index in [1.165, 1.54) is 19.3 Å². The Bertz CT molecular complexity index is 505. The third-order valence-corrected chi connectivity index (χ3v) is 4.79. The third-order valence-electron chi connectivity index (χ3n) is 4.79. The quantitative estimate of drug-likeness (QED) is 0.700. The maximum Gasteiger partial charge on any atom is 0.234 e. The number of piperidine rings is 1. The van der Waals surface area contributed by atoms with Gasteiger partial charge in [0.25, 0.3) is 0 Å². The predicted octanol–water partition coefficient (Wildman–Crippen LogP) is 2.10. The number of ether oxygens (including phenoxy) is 1. The Morgan fingerprint density at radius 2 is 1.96 bits per heavy atom. The van der Waals surface area contributed by atoms with Gasteiger partial charge in [0.05, 0.1) is 13.7 Å². The Morgan fingerprint density at radius 1 is 1.24 bits per heavy atom. The highest BCUT2D eigenvalue weighted by Crippen LogP contribution is 2.20. The van der Waals surface area contributed by atoms with E-state index >= 15 is 0 Å². The van der Waals surface area contributed by atoms with Gasteiger partial charge in [-0.2, -0.15) is 0 Å². The number of halogens is 1. The summed E-state index contributed by atoms with van der Waals surface area (Å²) in [5.41, 5.74) is 1.13. The average molecular weight is 370 g/mol. The van der Waals surface area contributed by atoms with Crippen LogP contribution in [0.1, 0.15) is 24.8 Å². The van der Waals surface area contributed by atoms with Crippen LogP contribution in [0.4, 0.5) is 0 Å². The molecule has 0 spiro atoms. The van der Waals surface area contributed by atoms with E-state index < -0.39 is 0 Å². The SMILES string of the molecule is CNCCC1CCN(CC(=O)NCCc2ccccc2OC)CC1.Cl. The van der Waals surface area contributed by atoms with E-state index in [4.69, 9.17) is 4.74 Å². The number of nitrogens with one attached hydrogen (secondary N) is 2. The molecule has 0 aromatic heterocycles. The summed E-state index contributed by atoms with van der Waals surface area (Å²) >= 11 is 0. The lowest BCUT2D eigenvalue weighted by Gasteiger charge is -2.31. The number of hydrogen-bond acceptors (Lipinski definition) is 4. The fourth-order valence-corrected chi connectivity index (χ4v) is 3.29. The van der Waals surface area contributed by atoms with Gasteiger partial charge in [0.15, 0.2) is 0 Å². The molecule has 0 aliphatic carbocycles. The topological polar surface area (TPSA) is 53.6 Å². The summed E-state index contributed by atoms with van der Waals surface area (Å²) in [5.74, 6) is 1.82. The van der Waals surface area contributed by atoms with Crippen molar-refractivity contribution in [2.24, 2.45) is 5.92 Å². The molecule has 2 rings (SSSR count). The van der Waals surface area contributed by atoms with Gasteiger partial charge in [-0.05, 0) is 69.9 Å². The van der Waals surface area contributed by atoms with Gasteiger partial charge in [-0.15, -0.1) is 12.4 Å². The molecule has 1 aromatic carbocycles. The van der Waals surface area contributed by atoms with Gasteiger partial charge in [0.2, 0.25) is 5.91 Å². The largest absolute Gasteiger partial charge is 0.496 e. The highest BCUT2D eigenvalue weighted by Gasteiger charge is 2.20. The van der Waals surface area contributed by atoms with Crippen LogP contribution in [0, 0.1) is 5.92 Å². The van der Waals surface area contributed by atoms with Crippen molar-refractivity contribution in [1.82, 2.24) is 15.5 Å². The van der Waals surface area contributed by atoms with Crippen LogP contribution in [-0.2, 0) is 11.2 Å². The van der Waals surface area contributed by atoms with E-state index in [2.05, 4.69) is 15.5 Å². The van der Waals surface area contributed by atoms with Gasteiger partial charge >= 0.3 is 0 Å². The van der Waals surface area contributed by atoms with Crippen LogP contribution in [0.3, 0.4) is 0 Å². The molecule has 0 bridgehead atoms. The fraction of sp³-hybridized carbons (Fsp3) is 0.632. The number of amides is 1. The lowest BCUT2D eigenvalue weighted by Crippen LogP contribution is -2.42. The average Bonchev–Trinajstić information content (AvgIpc) is 2.61. The number of carbonyl (C=O) groups is 1. The normalized spacial score (nSPS) is 15.4. The van der Waals surface area contributed by atoms with Crippen molar-refractivity contribution in [3.05, 3.63) is 29.8 Å². The number of benzene rings is 1. The molecule has 142 valence electrons. The summed E-state index contributed by atoms with van der Waals surface area (Å²) < 4.78 is 5.34. The Hall–Kier alpha value is -1.30. The summed E-state index contributed by atoms with van der Waals surface area (Å²) in [4.78, 5) is 14.4. The zero-order valence-corrected chi connectivity index (χ0v) is 16.2. The van der Waals surface area contributed by atoms with Crippen molar-refractivity contribution in [1.29, 1.82) is 0 Å². The Morgan fingerprint density at radius 3 is 2.64 bits per heavy atom. The van der Waals surface area contributed by atoms with Crippen molar-refractivity contribution in [3.63, 3.8) is 0 Å². The monoisotopic (exact) mass is 369 g/mol. The molecule has 0 unspecified atom stereocenters. The number of nitrogens with zero attached hydrogens (tertiary/aromatic N) is 1. The van der Waals surface area contributed by atoms with Gasteiger partial charge in [-0.25, -0.2) is 0 Å². The molecule has 1 saturated heterocycles. The number of likely N-dealkylation sites (tertiary alicyclic amines) is 1. The van der Waals surface area contributed by atoms with Crippen LogP contribution < -0.4 is 15.4 Å². The smallest absolute Gasteiger partial charge is 0.234 e. The van der Waals surface area contributed by atoms with Gasteiger partial charge < -0.3 is 15.4 Å². The molecule has 5 nitrogen and oxygen atoms in total. The maximum absolute atomic E-state index is 12.1. The van der Waals surface area contributed by atoms with Crippen molar-refractivity contribution in [2.45, 2.75) is 25.7 Å². The van der Waals surface area contributed by atoms with E-state index in [1.807, 2.05) is 31.3 Å². The molecule has 25 heavy (non-hydrogen) atoms. The predicted molar refractivity (Wildman–Crippen MR) is 105 cm³/mol. The van der Waals surface area contributed by atoms with Crippen LogP contribution >= 0.6 is 12.4 Å². The van der Waals surface area contributed by atoms with Gasteiger partial charge in [0.1, 0.15) is 5.75 Å².